The van der Waals surface area contributed by atoms with Crippen LogP contribution in [0.15, 0.2) is 57.3 Å². The van der Waals surface area contributed by atoms with Crippen molar-refractivity contribution in [3.05, 3.63) is 83.5 Å². The number of nitrogens with one attached hydrogen (secondary N) is 1. The van der Waals surface area contributed by atoms with Crippen molar-refractivity contribution in [2.45, 2.75) is 42.7 Å². The standard InChI is InChI=1S/C24H19N5O6S2/c1-13(30)25-14-6-8-15(9-7-14)27-23(31)21-17-4-2-3-5-19(17)36-22(21)26-24(27)37-20-11-10-16(28(32)33)12-18(20)29(34)35/h6-12H,2-5H2,1H3,(H,25,30). The highest BCUT2D eigenvalue weighted by Crippen LogP contribution is 2.39. The van der Waals surface area contributed by atoms with Gasteiger partial charge in [-0.3, -0.25) is 34.4 Å². The highest BCUT2D eigenvalue weighted by atomic mass is 32.2. The molecule has 37 heavy (non-hydrogen) atoms. The van der Waals surface area contributed by atoms with Gasteiger partial charge in [0.1, 0.15) is 4.83 Å². The van der Waals surface area contributed by atoms with Crippen molar-refractivity contribution in [3.63, 3.8) is 0 Å². The van der Waals surface area contributed by atoms with E-state index >= 15 is 0 Å². The van der Waals surface area contributed by atoms with Crippen LogP contribution in [0.5, 0.6) is 0 Å². The lowest BCUT2D eigenvalue weighted by molar-refractivity contribution is -0.396. The van der Waals surface area contributed by atoms with Crippen LogP contribution in [0, 0.1) is 20.2 Å². The lowest BCUT2D eigenvalue weighted by Gasteiger charge is -2.14. The van der Waals surface area contributed by atoms with Gasteiger partial charge in [0.2, 0.25) is 5.91 Å². The first-order chi connectivity index (χ1) is 17.7. The van der Waals surface area contributed by atoms with Crippen molar-refractivity contribution in [1.82, 2.24) is 9.55 Å². The molecule has 0 atom stereocenters. The predicted molar refractivity (Wildman–Crippen MR) is 140 cm³/mol. The van der Waals surface area contributed by atoms with E-state index in [1.807, 2.05) is 0 Å². The number of aryl methyl sites for hydroxylation is 2. The third kappa shape index (κ3) is 4.70. The quantitative estimate of drug-likeness (QED) is 0.199. The number of hydrogen-bond acceptors (Lipinski definition) is 9. The van der Waals surface area contributed by atoms with Gasteiger partial charge in [-0.25, -0.2) is 4.98 Å². The van der Waals surface area contributed by atoms with E-state index in [0.717, 1.165) is 54.0 Å². The van der Waals surface area contributed by atoms with Gasteiger partial charge in [0.25, 0.3) is 16.9 Å². The molecule has 1 N–H and O–H groups in total. The van der Waals surface area contributed by atoms with E-state index in [1.165, 1.54) is 35.0 Å². The molecule has 1 amide bonds. The molecule has 0 spiro atoms. The van der Waals surface area contributed by atoms with E-state index < -0.39 is 21.2 Å². The summed E-state index contributed by atoms with van der Waals surface area (Å²) in [6, 6.07) is 10.00. The fourth-order valence-electron chi connectivity index (χ4n) is 4.33. The lowest BCUT2D eigenvalue weighted by atomic mass is 9.97. The normalized spacial score (nSPS) is 12.8. The zero-order valence-corrected chi connectivity index (χ0v) is 21.1. The molecule has 2 heterocycles. The van der Waals surface area contributed by atoms with Crippen LogP contribution in [-0.4, -0.2) is 25.3 Å². The third-order valence-electron chi connectivity index (χ3n) is 5.96. The molecule has 11 nitrogen and oxygen atoms in total. The van der Waals surface area contributed by atoms with Crippen LogP contribution in [0.1, 0.15) is 30.2 Å². The average molecular weight is 538 g/mol. The summed E-state index contributed by atoms with van der Waals surface area (Å²) in [5.74, 6) is -0.236. The topological polar surface area (TPSA) is 150 Å². The zero-order chi connectivity index (χ0) is 26.3. The second-order valence-corrected chi connectivity index (χ2v) is 10.5. The molecule has 2 aromatic carbocycles. The first-order valence-corrected chi connectivity index (χ1v) is 12.9. The monoisotopic (exact) mass is 537 g/mol. The molecule has 0 radical (unpaired) electrons. The molecule has 0 bridgehead atoms. The molecule has 0 saturated carbocycles. The van der Waals surface area contributed by atoms with E-state index in [9.17, 15) is 29.8 Å². The second-order valence-electron chi connectivity index (χ2n) is 8.42. The molecule has 0 aliphatic heterocycles. The number of non-ortho nitro benzene ring substituents is 1. The molecule has 4 aromatic rings. The van der Waals surface area contributed by atoms with Crippen LogP contribution in [0.3, 0.4) is 0 Å². The number of anilines is 1. The maximum absolute atomic E-state index is 13.9. The Balaban J connectivity index is 1.71. The minimum absolute atomic E-state index is 0.117. The largest absolute Gasteiger partial charge is 0.326 e. The molecule has 188 valence electrons. The van der Waals surface area contributed by atoms with Crippen molar-refractivity contribution >= 4 is 56.3 Å². The van der Waals surface area contributed by atoms with Gasteiger partial charge in [-0.05, 0) is 73.3 Å². The second kappa shape index (κ2) is 9.75. The molecular formula is C24H19N5O6S2. The van der Waals surface area contributed by atoms with Crippen molar-refractivity contribution in [2.75, 3.05) is 5.32 Å². The van der Waals surface area contributed by atoms with Gasteiger partial charge in [0.15, 0.2) is 5.16 Å². The maximum atomic E-state index is 13.9. The summed E-state index contributed by atoms with van der Waals surface area (Å²) < 4.78 is 1.40. The number of thiophene rings is 1. The van der Waals surface area contributed by atoms with Gasteiger partial charge in [-0.15, -0.1) is 11.3 Å². The molecule has 5 rings (SSSR count). The van der Waals surface area contributed by atoms with Crippen LogP contribution >= 0.6 is 23.1 Å². The number of benzene rings is 2. The van der Waals surface area contributed by atoms with E-state index in [0.29, 0.717) is 21.6 Å². The van der Waals surface area contributed by atoms with E-state index in [4.69, 9.17) is 4.98 Å². The first-order valence-electron chi connectivity index (χ1n) is 11.3. The van der Waals surface area contributed by atoms with E-state index in [-0.39, 0.29) is 21.5 Å². The fourth-order valence-corrected chi connectivity index (χ4v) is 6.62. The summed E-state index contributed by atoms with van der Waals surface area (Å²) in [7, 11) is 0. The number of rotatable bonds is 6. The molecule has 1 aliphatic rings. The molecule has 13 heteroatoms. The van der Waals surface area contributed by atoms with E-state index in [1.54, 1.807) is 24.3 Å². The van der Waals surface area contributed by atoms with Crippen molar-refractivity contribution in [1.29, 1.82) is 0 Å². The van der Waals surface area contributed by atoms with Crippen LogP contribution in [0.4, 0.5) is 17.1 Å². The summed E-state index contributed by atoms with van der Waals surface area (Å²) in [5, 5.41) is 26.3. The van der Waals surface area contributed by atoms with Crippen LogP contribution in [-0.2, 0) is 17.6 Å². The number of nitrogens with zero attached hydrogens (tertiary/aromatic N) is 4. The van der Waals surface area contributed by atoms with Gasteiger partial charge >= 0.3 is 0 Å². The Labute approximate surface area is 217 Å². The number of amides is 1. The summed E-state index contributed by atoms with van der Waals surface area (Å²) in [4.78, 5) is 53.4. The summed E-state index contributed by atoms with van der Waals surface area (Å²) in [5.41, 5.74) is 0.875. The summed E-state index contributed by atoms with van der Waals surface area (Å²) in [6.07, 6.45) is 3.68. The van der Waals surface area contributed by atoms with Crippen molar-refractivity contribution in [3.8, 4) is 5.69 Å². The van der Waals surface area contributed by atoms with Gasteiger partial charge < -0.3 is 5.32 Å². The Morgan fingerprint density at radius 2 is 1.81 bits per heavy atom. The highest BCUT2D eigenvalue weighted by molar-refractivity contribution is 7.99. The Bertz CT molecular complexity index is 1640. The van der Waals surface area contributed by atoms with Crippen LogP contribution in [0.2, 0.25) is 0 Å². The lowest BCUT2D eigenvalue weighted by Crippen LogP contribution is -2.22. The minimum atomic E-state index is -0.700. The molecular weight excluding hydrogens is 518 g/mol. The minimum Gasteiger partial charge on any atom is -0.326 e. The Morgan fingerprint density at radius 3 is 2.49 bits per heavy atom. The van der Waals surface area contributed by atoms with Gasteiger partial charge in [0, 0.05) is 23.6 Å². The van der Waals surface area contributed by atoms with Gasteiger partial charge in [0.05, 0.1) is 31.9 Å². The summed E-state index contributed by atoms with van der Waals surface area (Å²) >= 11 is 2.36. The first kappa shape index (κ1) is 24.6. The molecule has 1 aliphatic carbocycles. The highest BCUT2D eigenvalue weighted by Gasteiger charge is 2.26. The number of carbonyl (C=O) groups is 1. The number of nitro benzene ring substituents is 2. The number of hydrogen-bond donors (Lipinski definition) is 1. The van der Waals surface area contributed by atoms with Crippen LogP contribution < -0.4 is 10.9 Å². The summed E-state index contributed by atoms with van der Waals surface area (Å²) in [6.45, 7) is 1.39. The fraction of sp³-hybridized carbons (Fsp3) is 0.208. The van der Waals surface area contributed by atoms with Crippen molar-refractivity contribution in [2.24, 2.45) is 0 Å². The SMILES string of the molecule is CC(=O)Nc1ccc(-n2c(Sc3ccc([N+](=O)[O-])cc3[N+](=O)[O-])nc3sc4c(c3c2=O)CCCC4)cc1. The average Bonchev–Trinajstić information content (AvgIpc) is 3.23. The molecule has 0 unspecified atom stereocenters. The number of aromatic nitrogens is 2. The Kier molecular flexibility index (Phi) is 6.48. The third-order valence-corrected chi connectivity index (χ3v) is 8.16. The maximum Gasteiger partial charge on any atom is 0.290 e. The Hall–Kier alpha value is -4.10. The van der Waals surface area contributed by atoms with Gasteiger partial charge in [-0.1, -0.05) is 0 Å². The number of nitro groups is 2. The van der Waals surface area contributed by atoms with Crippen molar-refractivity contribution < 1.29 is 14.6 Å². The molecule has 2 aromatic heterocycles. The van der Waals surface area contributed by atoms with Gasteiger partial charge in [-0.2, -0.15) is 0 Å². The smallest absolute Gasteiger partial charge is 0.290 e. The number of fused-ring (bicyclic) bond motifs is 3. The number of carbonyl (C=O) groups excluding carboxylic acids is 1. The molecule has 0 saturated heterocycles. The Morgan fingerprint density at radius 1 is 1.08 bits per heavy atom. The molecule has 0 fully saturated rings. The van der Waals surface area contributed by atoms with Crippen LogP contribution in [0.25, 0.3) is 15.9 Å². The van der Waals surface area contributed by atoms with E-state index in [2.05, 4.69) is 5.32 Å². The zero-order valence-electron chi connectivity index (χ0n) is 19.4. The predicted octanol–water partition coefficient (Wildman–Crippen LogP) is 5.25.